The standard InChI is InChI=1S/C63H44N2/c1-41-29-33-45(34-30-41)64(43-17-5-3-6-18-43)47-37-38-54-55(39-47)48-21-9-11-25-52(48)60-56-40-59(65(44-19-7-4-8-20-44)46-35-31-42(2)32-36-46)51-24-10-12-26-53(51)61(56)63(62(54)60)57-27-15-13-22-49(57)50-23-14-16-28-58(50)63/h3-40H,1-2H3. The van der Waals surface area contributed by atoms with E-state index < -0.39 is 5.41 Å². The second kappa shape index (κ2) is 14.4. The normalized spacial score (nSPS) is 12.9. The van der Waals surface area contributed by atoms with Gasteiger partial charge >= 0.3 is 0 Å². The van der Waals surface area contributed by atoms with Crippen molar-refractivity contribution in [3.05, 3.63) is 264 Å². The van der Waals surface area contributed by atoms with Gasteiger partial charge in [-0.25, -0.2) is 0 Å². The first-order valence-corrected chi connectivity index (χ1v) is 22.7. The summed E-state index contributed by atoms with van der Waals surface area (Å²) in [5, 5.41) is 7.50. The Balaban J connectivity index is 1.20. The van der Waals surface area contributed by atoms with Crippen LogP contribution in [0.3, 0.4) is 0 Å². The summed E-state index contributed by atoms with van der Waals surface area (Å²) in [6, 6.07) is 86.0. The fraction of sp³-hybridized carbons (Fsp3) is 0.0476. The largest absolute Gasteiger partial charge is 0.310 e. The van der Waals surface area contributed by atoms with Gasteiger partial charge in [0, 0.05) is 33.8 Å². The Morgan fingerprint density at radius 3 is 1.35 bits per heavy atom. The highest BCUT2D eigenvalue weighted by Gasteiger charge is 2.54. The van der Waals surface area contributed by atoms with Crippen molar-refractivity contribution < 1.29 is 0 Å². The van der Waals surface area contributed by atoms with E-state index in [1.54, 1.807) is 0 Å². The van der Waals surface area contributed by atoms with Gasteiger partial charge in [-0.2, -0.15) is 0 Å². The number of nitrogens with zero attached hydrogens (tertiary/aromatic N) is 2. The third-order valence-corrected chi connectivity index (χ3v) is 14.1. The van der Waals surface area contributed by atoms with Crippen molar-refractivity contribution in [1.29, 1.82) is 0 Å². The molecule has 2 heteroatoms. The second-order valence-electron chi connectivity index (χ2n) is 17.7. The SMILES string of the molecule is Cc1ccc(N(c2ccccc2)c2ccc3c4c(c5ccccc5c3c2)-c2cc(N(c3ccccc3)c3ccc(C)cc3)c3ccccc3c2C42c3ccccc3-c3ccccc32)cc1. The van der Waals surface area contributed by atoms with Gasteiger partial charge in [-0.3, -0.25) is 0 Å². The minimum Gasteiger partial charge on any atom is -0.310 e. The minimum absolute atomic E-state index is 0.600. The molecule has 65 heavy (non-hydrogen) atoms. The van der Waals surface area contributed by atoms with Crippen LogP contribution in [-0.4, -0.2) is 0 Å². The highest BCUT2D eigenvalue weighted by molar-refractivity contribution is 6.23. The molecule has 0 fully saturated rings. The molecule has 0 N–H and O–H groups in total. The van der Waals surface area contributed by atoms with Crippen LogP contribution in [0.2, 0.25) is 0 Å². The molecule has 0 unspecified atom stereocenters. The maximum absolute atomic E-state index is 2.53. The Bertz CT molecular complexity index is 3620. The van der Waals surface area contributed by atoms with E-state index in [-0.39, 0.29) is 0 Å². The Kier molecular flexibility index (Phi) is 8.29. The Labute approximate surface area is 379 Å². The van der Waals surface area contributed by atoms with E-state index in [9.17, 15) is 0 Å². The summed E-state index contributed by atoms with van der Waals surface area (Å²) in [4.78, 5) is 4.86. The molecule has 11 aromatic rings. The molecule has 306 valence electrons. The fourth-order valence-electron chi connectivity index (χ4n) is 11.4. The number of hydrogen-bond acceptors (Lipinski definition) is 2. The Morgan fingerprint density at radius 2 is 0.738 bits per heavy atom. The zero-order valence-corrected chi connectivity index (χ0v) is 36.3. The predicted molar refractivity (Wildman–Crippen MR) is 274 cm³/mol. The molecule has 0 atom stereocenters. The Hall–Kier alpha value is -8.20. The predicted octanol–water partition coefficient (Wildman–Crippen LogP) is 17.0. The van der Waals surface area contributed by atoms with Crippen molar-refractivity contribution in [3.8, 4) is 22.3 Å². The molecule has 2 aliphatic carbocycles. The monoisotopic (exact) mass is 828 g/mol. The first-order chi connectivity index (χ1) is 32.1. The van der Waals surface area contributed by atoms with Gasteiger partial charge in [0.2, 0.25) is 0 Å². The number of hydrogen-bond donors (Lipinski definition) is 0. The summed E-state index contributed by atoms with van der Waals surface area (Å²) in [6.07, 6.45) is 0. The van der Waals surface area contributed by atoms with E-state index in [1.165, 1.54) is 88.0 Å². The van der Waals surface area contributed by atoms with Gasteiger partial charge in [-0.1, -0.05) is 175 Å². The number of fused-ring (bicyclic) bond motifs is 17. The lowest BCUT2D eigenvalue weighted by atomic mass is 9.68. The van der Waals surface area contributed by atoms with Gasteiger partial charge in [-0.15, -0.1) is 0 Å². The molecule has 0 saturated carbocycles. The lowest BCUT2D eigenvalue weighted by molar-refractivity contribution is 0.809. The highest BCUT2D eigenvalue weighted by Crippen LogP contribution is 2.67. The van der Waals surface area contributed by atoms with Crippen LogP contribution in [0.25, 0.3) is 54.6 Å². The van der Waals surface area contributed by atoms with Gasteiger partial charge < -0.3 is 9.80 Å². The molecular weight excluding hydrogens is 785 g/mol. The molecule has 1 spiro atoms. The lowest BCUT2D eigenvalue weighted by Crippen LogP contribution is -2.26. The third kappa shape index (κ3) is 5.41. The van der Waals surface area contributed by atoms with Gasteiger partial charge in [0.1, 0.15) is 0 Å². The van der Waals surface area contributed by atoms with Crippen molar-refractivity contribution in [1.82, 2.24) is 0 Å². The van der Waals surface area contributed by atoms with Crippen molar-refractivity contribution >= 4 is 66.4 Å². The van der Waals surface area contributed by atoms with Crippen molar-refractivity contribution in [2.24, 2.45) is 0 Å². The number of aryl methyl sites for hydroxylation is 2. The zero-order valence-electron chi connectivity index (χ0n) is 36.3. The van der Waals surface area contributed by atoms with E-state index in [2.05, 4.69) is 254 Å². The average Bonchev–Trinajstić information content (AvgIpc) is 3.84. The van der Waals surface area contributed by atoms with Crippen LogP contribution in [0.5, 0.6) is 0 Å². The maximum atomic E-state index is 2.53. The molecular formula is C63H44N2. The number of anilines is 6. The molecule has 0 bridgehead atoms. The summed E-state index contributed by atoms with van der Waals surface area (Å²) in [6.45, 7) is 4.32. The highest BCUT2D eigenvalue weighted by atomic mass is 15.1. The summed E-state index contributed by atoms with van der Waals surface area (Å²) in [5.41, 5.74) is 19.2. The summed E-state index contributed by atoms with van der Waals surface area (Å²) in [7, 11) is 0. The van der Waals surface area contributed by atoms with Gasteiger partial charge in [0.15, 0.2) is 0 Å². The second-order valence-corrected chi connectivity index (χ2v) is 17.7. The van der Waals surface area contributed by atoms with Crippen LogP contribution in [0.1, 0.15) is 33.4 Å². The topological polar surface area (TPSA) is 6.48 Å². The number of benzene rings is 11. The lowest BCUT2D eigenvalue weighted by Gasteiger charge is -2.34. The summed E-state index contributed by atoms with van der Waals surface area (Å²) >= 11 is 0. The van der Waals surface area contributed by atoms with Crippen molar-refractivity contribution in [3.63, 3.8) is 0 Å². The van der Waals surface area contributed by atoms with E-state index in [1.807, 2.05) is 0 Å². The molecule has 2 nitrogen and oxygen atoms in total. The van der Waals surface area contributed by atoms with Crippen LogP contribution in [0.15, 0.2) is 231 Å². The summed E-state index contributed by atoms with van der Waals surface area (Å²) in [5.74, 6) is 0. The van der Waals surface area contributed by atoms with E-state index in [4.69, 9.17) is 0 Å². The minimum atomic E-state index is -0.600. The maximum Gasteiger partial charge on any atom is 0.0737 e. The van der Waals surface area contributed by atoms with Crippen molar-refractivity contribution in [2.45, 2.75) is 19.3 Å². The molecule has 0 aromatic heterocycles. The Morgan fingerprint density at radius 1 is 0.292 bits per heavy atom. The van der Waals surface area contributed by atoms with Gasteiger partial charge in [-0.05, 0) is 152 Å². The first-order valence-electron chi connectivity index (χ1n) is 22.7. The molecule has 11 aromatic carbocycles. The molecule has 0 heterocycles. The summed E-state index contributed by atoms with van der Waals surface area (Å²) < 4.78 is 0. The zero-order chi connectivity index (χ0) is 43.2. The van der Waals surface area contributed by atoms with Crippen LogP contribution in [-0.2, 0) is 5.41 Å². The van der Waals surface area contributed by atoms with Crippen molar-refractivity contribution in [2.75, 3.05) is 9.80 Å². The first kappa shape index (κ1) is 37.4. The molecule has 0 saturated heterocycles. The fourth-order valence-corrected chi connectivity index (χ4v) is 11.4. The van der Waals surface area contributed by atoms with Crippen LogP contribution in [0, 0.1) is 13.8 Å². The molecule has 13 rings (SSSR count). The number of para-hydroxylation sites is 2. The molecule has 0 radical (unpaired) electrons. The molecule has 0 aliphatic heterocycles. The van der Waals surface area contributed by atoms with Gasteiger partial charge in [0.25, 0.3) is 0 Å². The smallest absolute Gasteiger partial charge is 0.0737 e. The quantitative estimate of drug-likeness (QED) is 0.154. The van der Waals surface area contributed by atoms with Gasteiger partial charge in [0.05, 0.1) is 11.1 Å². The van der Waals surface area contributed by atoms with E-state index in [0.29, 0.717) is 0 Å². The van der Waals surface area contributed by atoms with E-state index in [0.717, 1.165) is 34.1 Å². The van der Waals surface area contributed by atoms with Crippen LogP contribution < -0.4 is 9.80 Å². The van der Waals surface area contributed by atoms with E-state index >= 15 is 0 Å². The molecule has 2 aliphatic rings. The van der Waals surface area contributed by atoms with Crippen LogP contribution in [0.4, 0.5) is 34.1 Å². The molecule has 0 amide bonds. The average molecular weight is 829 g/mol. The number of rotatable bonds is 6. The van der Waals surface area contributed by atoms with Crippen LogP contribution >= 0.6 is 0 Å². The third-order valence-electron chi connectivity index (χ3n) is 14.1.